The van der Waals surface area contributed by atoms with E-state index in [1.807, 2.05) is 47.8 Å². The SMILES string of the molecule is CCOc1cc2c(cc1OC)Cc1c-2nc2sc(-c3ccccc3Cl)nn12. The molecule has 0 bridgehead atoms. The third-order valence-corrected chi connectivity index (χ3v) is 5.97. The largest absolute Gasteiger partial charge is 0.493 e. The highest BCUT2D eigenvalue weighted by molar-refractivity contribution is 7.20. The Kier molecular flexibility index (Phi) is 3.84. The Morgan fingerprint density at radius 2 is 2.04 bits per heavy atom. The van der Waals surface area contributed by atoms with E-state index < -0.39 is 0 Å². The number of rotatable bonds is 4. The molecule has 0 radical (unpaired) electrons. The fraction of sp³-hybridized carbons (Fsp3) is 0.200. The molecule has 0 N–H and O–H groups in total. The molecule has 0 atom stereocenters. The fourth-order valence-electron chi connectivity index (χ4n) is 3.48. The number of halogens is 1. The Bertz CT molecular complexity index is 1180. The van der Waals surface area contributed by atoms with Crippen LogP contribution in [0.1, 0.15) is 18.2 Å². The van der Waals surface area contributed by atoms with Crippen molar-refractivity contribution in [3.8, 4) is 33.3 Å². The average molecular weight is 398 g/mol. The molecule has 0 fully saturated rings. The van der Waals surface area contributed by atoms with Crippen LogP contribution in [0.2, 0.25) is 5.02 Å². The van der Waals surface area contributed by atoms with Crippen molar-refractivity contribution in [2.75, 3.05) is 13.7 Å². The van der Waals surface area contributed by atoms with Crippen molar-refractivity contribution in [1.82, 2.24) is 14.6 Å². The molecule has 136 valence electrons. The summed E-state index contributed by atoms with van der Waals surface area (Å²) in [5.41, 5.74) is 5.25. The summed E-state index contributed by atoms with van der Waals surface area (Å²) >= 11 is 7.88. The molecule has 2 aromatic heterocycles. The van der Waals surface area contributed by atoms with E-state index in [1.165, 1.54) is 5.56 Å². The zero-order valence-corrected chi connectivity index (χ0v) is 16.4. The first-order chi connectivity index (χ1) is 13.2. The lowest BCUT2D eigenvalue weighted by molar-refractivity contribution is 0.311. The van der Waals surface area contributed by atoms with Crippen LogP contribution in [0.15, 0.2) is 36.4 Å². The lowest BCUT2D eigenvalue weighted by Gasteiger charge is -2.11. The summed E-state index contributed by atoms with van der Waals surface area (Å²) in [6.45, 7) is 2.55. The van der Waals surface area contributed by atoms with Crippen LogP contribution in [0.4, 0.5) is 0 Å². The smallest absolute Gasteiger partial charge is 0.213 e. The number of methoxy groups -OCH3 is 1. The van der Waals surface area contributed by atoms with Crippen molar-refractivity contribution in [3.05, 3.63) is 52.7 Å². The summed E-state index contributed by atoms with van der Waals surface area (Å²) in [4.78, 5) is 5.72. The van der Waals surface area contributed by atoms with Crippen molar-refractivity contribution < 1.29 is 9.47 Å². The van der Waals surface area contributed by atoms with Gasteiger partial charge in [-0.2, -0.15) is 5.10 Å². The van der Waals surface area contributed by atoms with Crippen molar-refractivity contribution in [3.63, 3.8) is 0 Å². The van der Waals surface area contributed by atoms with Crippen LogP contribution in [-0.4, -0.2) is 28.3 Å². The van der Waals surface area contributed by atoms with Crippen molar-refractivity contribution in [2.24, 2.45) is 0 Å². The first-order valence-corrected chi connectivity index (χ1v) is 9.86. The van der Waals surface area contributed by atoms with Gasteiger partial charge in [-0.15, -0.1) is 0 Å². The maximum Gasteiger partial charge on any atom is 0.213 e. The van der Waals surface area contributed by atoms with Crippen molar-refractivity contribution >= 4 is 27.9 Å². The van der Waals surface area contributed by atoms with Gasteiger partial charge in [-0.25, -0.2) is 9.50 Å². The normalized spacial score (nSPS) is 12.3. The highest BCUT2D eigenvalue weighted by Crippen LogP contribution is 2.44. The minimum atomic E-state index is 0.586. The van der Waals surface area contributed by atoms with Gasteiger partial charge in [0.15, 0.2) is 11.5 Å². The van der Waals surface area contributed by atoms with Crippen LogP contribution >= 0.6 is 22.9 Å². The minimum absolute atomic E-state index is 0.586. The third kappa shape index (κ3) is 2.51. The van der Waals surface area contributed by atoms with Crippen LogP contribution < -0.4 is 9.47 Å². The molecule has 0 saturated carbocycles. The molecule has 0 aliphatic heterocycles. The molecule has 4 aromatic rings. The van der Waals surface area contributed by atoms with E-state index in [4.69, 9.17) is 31.2 Å². The predicted molar refractivity (Wildman–Crippen MR) is 107 cm³/mol. The second-order valence-electron chi connectivity index (χ2n) is 6.26. The zero-order chi connectivity index (χ0) is 18.5. The molecule has 1 aliphatic rings. The highest BCUT2D eigenvalue weighted by atomic mass is 35.5. The third-order valence-electron chi connectivity index (χ3n) is 4.70. The molecule has 0 unspecified atom stereocenters. The number of benzene rings is 2. The Balaban J connectivity index is 1.63. The van der Waals surface area contributed by atoms with Gasteiger partial charge in [0.2, 0.25) is 4.96 Å². The summed E-state index contributed by atoms with van der Waals surface area (Å²) in [6.07, 6.45) is 0.764. The number of hydrogen-bond acceptors (Lipinski definition) is 5. The second kappa shape index (κ2) is 6.25. The van der Waals surface area contributed by atoms with Crippen LogP contribution in [0.3, 0.4) is 0 Å². The van der Waals surface area contributed by atoms with Gasteiger partial charge in [0.05, 0.1) is 30.1 Å². The van der Waals surface area contributed by atoms with E-state index >= 15 is 0 Å². The maximum atomic E-state index is 6.33. The summed E-state index contributed by atoms with van der Waals surface area (Å²) in [5, 5.41) is 6.35. The summed E-state index contributed by atoms with van der Waals surface area (Å²) in [5.74, 6) is 1.49. The number of ether oxygens (including phenoxy) is 2. The molecule has 5 rings (SSSR count). The average Bonchev–Trinajstić information content (AvgIpc) is 3.31. The molecule has 2 aromatic carbocycles. The monoisotopic (exact) mass is 397 g/mol. The van der Waals surface area contributed by atoms with E-state index in [9.17, 15) is 0 Å². The molecule has 0 saturated heterocycles. The Hall–Kier alpha value is -2.57. The summed E-state index contributed by atoms with van der Waals surface area (Å²) in [6, 6.07) is 11.8. The Morgan fingerprint density at radius 3 is 2.81 bits per heavy atom. The van der Waals surface area contributed by atoms with Gasteiger partial charge in [0.25, 0.3) is 0 Å². The van der Waals surface area contributed by atoms with E-state index in [1.54, 1.807) is 18.4 Å². The van der Waals surface area contributed by atoms with Gasteiger partial charge < -0.3 is 9.47 Å². The van der Waals surface area contributed by atoms with E-state index in [0.29, 0.717) is 11.6 Å². The highest BCUT2D eigenvalue weighted by Gasteiger charge is 2.28. The molecule has 2 heterocycles. The molecule has 27 heavy (non-hydrogen) atoms. The van der Waals surface area contributed by atoms with Gasteiger partial charge in [0, 0.05) is 17.5 Å². The van der Waals surface area contributed by atoms with Crippen molar-refractivity contribution in [1.29, 1.82) is 0 Å². The Morgan fingerprint density at radius 1 is 1.19 bits per heavy atom. The van der Waals surface area contributed by atoms with Gasteiger partial charge in [0.1, 0.15) is 5.01 Å². The Labute approximate surface area is 165 Å². The number of nitrogens with zero attached hydrogens (tertiary/aromatic N) is 3. The minimum Gasteiger partial charge on any atom is -0.493 e. The van der Waals surface area contributed by atoms with Gasteiger partial charge in [-0.3, -0.25) is 0 Å². The van der Waals surface area contributed by atoms with Gasteiger partial charge in [-0.1, -0.05) is 41.1 Å². The lowest BCUT2D eigenvalue weighted by atomic mass is 10.1. The number of fused-ring (bicyclic) bond motifs is 5. The van der Waals surface area contributed by atoms with E-state index in [0.717, 1.165) is 50.4 Å². The molecular formula is C20H16ClN3O2S. The van der Waals surface area contributed by atoms with E-state index in [2.05, 4.69) is 0 Å². The topological polar surface area (TPSA) is 48.7 Å². The first-order valence-electron chi connectivity index (χ1n) is 8.67. The molecule has 5 nitrogen and oxygen atoms in total. The number of imidazole rings is 1. The van der Waals surface area contributed by atoms with Crippen LogP contribution in [0.5, 0.6) is 11.5 Å². The second-order valence-corrected chi connectivity index (χ2v) is 7.62. The molecular weight excluding hydrogens is 382 g/mol. The van der Waals surface area contributed by atoms with Crippen LogP contribution in [0.25, 0.3) is 26.8 Å². The molecule has 7 heteroatoms. The fourth-order valence-corrected chi connectivity index (χ4v) is 4.72. The van der Waals surface area contributed by atoms with Crippen LogP contribution in [0, 0.1) is 0 Å². The van der Waals surface area contributed by atoms with E-state index in [-0.39, 0.29) is 0 Å². The molecule has 1 aliphatic carbocycles. The quantitative estimate of drug-likeness (QED) is 0.424. The number of aromatic nitrogens is 3. The zero-order valence-electron chi connectivity index (χ0n) is 14.8. The standard InChI is InChI=1S/C20H16ClN3O2S/c1-3-26-17-10-13-11(9-16(17)25-2)8-15-18(13)22-20-24(15)23-19(27-20)12-6-4-5-7-14(12)21/h4-7,9-10H,3,8H2,1-2H3. The summed E-state index contributed by atoms with van der Waals surface area (Å²) in [7, 11) is 1.66. The number of hydrogen-bond donors (Lipinski definition) is 0. The lowest BCUT2D eigenvalue weighted by Crippen LogP contribution is -1.97. The van der Waals surface area contributed by atoms with Gasteiger partial charge in [-0.05, 0) is 30.7 Å². The maximum absolute atomic E-state index is 6.33. The van der Waals surface area contributed by atoms with Crippen molar-refractivity contribution in [2.45, 2.75) is 13.3 Å². The van der Waals surface area contributed by atoms with Gasteiger partial charge >= 0.3 is 0 Å². The predicted octanol–water partition coefficient (Wildman–Crippen LogP) is 5.09. The molecule has 0 spiro atoms. The summed E-state index contributed by atoms with van der Waals surface area (Å²) < 4.78 is 13.1. The molecule has 0 amide bonds. The van der Waals surface area contributed by atoms with Crippen LogP contribution in [-0.2, 0) is 6.42 Å². The first kappa shape index (κ1) is 16.6.